The summed E-state index contributed by atoms with van der Waals surface area (Å²) in [4.78, 5) is 27.2. The Hall–Kier alpha value is 9.57. The van der Waals surface area contributed by atoms with E-state index in [9.17, 15) is 14.7 Å². The zero-order valence-corrected chi connectivity index (χ0v) is 89.3. The normalized spacial score (nSPS) is 16.6. The maximum atomic E-state index is 11.8. The summed E-state index contributed by atoms with van der Waals surface area (Å²) in [5.74, 6) is 2.86. The van der Waals surface area contributed by atoms with Crippen molar-refractivity contribution >= 4 is 298 Å². The number of nitrogens with one attached hydrogen (secondary N) is 1. The van der Waals surface area contributed by atoms with Gasteiger partial charge in [0.1, 0.15) is 23.0 Å². The summed E-state index contributed by atoms with van der Waals surface area (Å²) in [5, 5.41) is 13.8. The SMILES string of the molecule is COc1ccc(CN(CC(O)CN)C2Cc3ccccc3C2)c(OC)c1.COc1ccc(CNC2Cc3ccccc3C2)c(OC)c1.II(I)I(I)I(I)I(I)I(I)I.I[I-]I(I)I(I)I(I)I.O=C1c2ccccc2C(=O)N1CC1CO1. The van der Waals surface area contributed by atoms with Crippen molar-refractivity contribution in [2.24, 2.45) is 5.73 Å². The van der Waals surface area contributed by atoms with Crippen molar-refractivity contribution in [2.45, 2.75) is 63.1 Å². The van der Waals surface area contributed by atoms with Crippen LogP contribution in [0.2, 0.25) is 0 Å². The maximum Gasteiger partial charge on any atom is 0.261 e. The summed E-state index contributed by atoms with van der Waals surface area (Å²) in [5.41, 5.74) is 14.6. The molecular weight excluding hydrogens is 3450 g/mol. The summed E-state index contributed by atoms with van der Waals surface area (Å²) in [6.45, 7) is 3.34. The molecule has 1 saturated heterocycles. The molecule has 2 aliphatic heterocycles. The Bertz CT molecular complexity index is 2720. The number of fused-ring (bicyclic) bond motifs is 3. The van der Waals surface area contributed by atoms with Crippen LogP contribution in [0.5, 0.6) is 23.0 Å². The zero-order valence-electron chi connectivity index (χ0n) is 44.0. The van der Waals surface area contributed by atoms with Crippen LogP contribution < -0.4 is 43.3 Å². The Morgan fingerprint density at radius 1 is 0.639 bits per heavy atom. The van der Waals surface area contributed by atoms with E-state index in [1.807, 2.05) is 30.3 Å². The van der Waals surface area contributed by atoms with Crippen molar-refractivity contribution in [3.63, 3.8) is 0 Å². The molecule has 2 aliphatic carbocycles. The van der Waals surface area contributed by atoms with Gasteiger partial charge in [0.05, 0.1) is 64.9 Å². The molecule has 0 saturated carbocycles. The number of halogens is 21. The van der Waals surface area contributed by atoms with Gasteiger partial charge in [-0.15, -0.1) is 0 Å². The number of imide groups is 1. The Labute approximate surface area is 646 Å². The third-order valence-corrected chi connectivity index (χ3v) is 1090. The number of carbonyl (C=O) groups is 2. The number of hydrogen-bond donors (Lipinski definition) is 3. The van der Waals surface area contributed by atoms with E-state index >= 15 is 0 Å². The van der Waals surface area contributed by atoms with E-state index in [0.29, 0.717) is 62.7 Å². The van der Waals surface area contributed by atoms with Gasteiger partial charge in [-0.05, 0) is 72.2 Å². The fourth-order valence-corrected chi connectivity index (χ4v) is 1890. The van der Waals surface area contributed by atoms with Gasteiger partial charge in [-0.1, -0.05) is 72.8 Å². The number of aliphatic hydroxyl groups excluding tert-OH is 1. The van der Waals surface area contributed by atoms with Crippen molar-refractivity contribution in [3.05, 3.63) is 154 Å². The molecule has 0 aromatic heterocycles. The number of carbonyl (C=O) groups excluding carboxylic acids is 2. The van der Waals surface area contributed by atoms with Crippen molar-refractivity contribution in [2.75, 3.05) is 54.7 Å². The second-order valence-corrected chi connectivity index (χ2v) is 423. The largest absolute Gasteiger partial charge is 0.371 e. The molecule has 12 nitrogen and oxygen atoms in total. The van der Waals surface area contributed by atoms with Gasteiger partial charge in [0.15, 0.2) is 0 Å². The molecule has 4 N–H and O–H groups in total. The molecule has 474 valence electrons. The standard InChI is InChI=1S/C21H28N2O3.C18H21NO2.C11H9NO3.I12.I9/c1-25-20-8-7-17(21(11-20)26-2)13-23(14-19(24)12-22)18-9-15-5-3-4-6-16(15)10-18;1-20-17-8-7-15(18(11-17)21-2)12-19-16-9-13-5-3-4-6-14(13)10-16;13-10-8-3-1-2-4-9(8)11(14)12(10)5-7-6-15-7;1-8(2)10(5)12(7)11(6)9(3)4;1-6-8(4)9(5)7(2)3/h3-8,11,18-19,24H,9-10,12-14,22H2,1-2H3;3-8,11,16,19H,9-10,12H2,1-2H3;1-4,7H,5-6H2;;/q;;;;-1. The minimum Gasteiger partial charge on any atom is -0.371 e. The topological polar surface area (TPSA) is 148 Å². The Morgan fingerprint density at radius 3 is 1.47 bits per heavy atom. The number of benzene rings is 5. The number of amides is 2. The van der Waals surface area contributed by atoms with Gasteiger partial charge in [0.2, 0.25) is 0 Å². The number of nitrogens with zero attached hydrogens (tertiary/aromatic N) is 2. The van der Waals surface area contributed by atoms with Crippen LogP contribution in [-0.4, -0.2) is 106 Å². The third-order valence-electron chi connectivity index (χ3n) is 12.5. The molecule has 5 aromatic carbocycles. The quantitative estimate of drug-likeness (QED) is 0.0345. The molecule has 1 fully saturated rings. The fraction of sp³-hybridized carbons (Fsp3) is 0.360. The van der Waals surface area contributed by atoms with E-state index < -0.39 is 6.10 Å². The first-order chi connectivity index (χ1) is 39.7. The van der Waals surface area contributed by atoms with E-state index in [1.165, 1.54) is 27.2 Å². The monoisotopic (exact) mass is 3510 g/mol. The smallest absolute Gasteiger partial charge is 0.261 e. The van der Waals surface area contributed by atoms with Crippen LogP contribution >= 0.6 is 287 Å². The minimum atomic E-state index is -0.539. The van der Waals surface area contributed by atoms with E-state index in [1.54, 1.807) is 52.7 Å². The van der Waals surface area contributed by atoms with Gasteiger partial charge in [0, 0.05) is 61.5 Å². The predicted molar refractivity (Wildman–Crippen MR) is 519 cm³/mol. The van der Waals surface area contributed by atoms with Gasteiger partial charge in [-0.25, -0.2) is 0 Å². The van der Waals surface area contributed by atoms with E-state index in [-0.39, 0.29) is 87.6 Å². The van der Waals surface area contributed by atoms with Crippen LogP contribution in [0, 0.1) is 0 Å². The number of ether oxygens (including phenoxy) is 5. The molecule has 4 aliphatic rings. The van der Waals surface area contributed by atoms with Crippen LogP contribution in [0.3, 0.4) is 0 Å². The molecule has 2 amide bonds. The van der Waals surface area contributed by atoms with E-state index in [4.69, 9.17) is 29.4 Å². The average molecular weight is 3510 g/mol. The second-order valence-electron chi connectivity index (χ2n) is 17.3. The minimum absolute atomic E-state index is 0.0483. The average Bonchev–Trinajstić information content (AvgIpc) is 4.23. The molecule has 2 unspecified atom stereocenters. The molecular formula is C50H58I21N4O8-. The summed E-state index contributed by atoms with van der Waals surface area (Å²) in [7, 11) is 4.18. The van der Waals surface area contributed by atoms with Gasteiger partial charge < -0.3 is 39.8 Å². The molecule has 0 bridgehead atoms. The number of epoxide rings is 1. The second kappa shape index (κ2) is 45.4. The van der Waals surface area contributed by atoms with E-state index in [2.05, 4.69) is 288 Å². The summed E-state index contributed by atoms with van der Waals surface area (Å²) >= 11 is 34.7. The van der Waals surface area contributed by atoms with Crippen LogP contribution in [-0.2, 0) is 43.5 Å². The van der Waals surface area contributed by atoms with Gasteiger partial charge >= 0.3 is 300 Å². The Balaban J connectivity index is 0.000000199. The number of aliphatic hydroxyl groups is 1. The molecule has 9 rings (SSSR count). The first-order valence-electron chi connectivity index (χ1n) is 23.9. The van der Waals surface area contributed by atoms with Gasteiger partial charge in [-0.2, -0.15) is 0 Å². The van der Waals surface area contributed by atoms with Crippen LogP contribution in [0.4, 0.5) is 0 Å². The van der Waals surface area contributed by atoms with Crippen molar-refractivity contribution in [3.8, 4) is 23.0 Å². The van der Waals surface area contributed by atoms with E-state index in [0.717, 1.165) is 66.4 Å². The molecule has 2 heterocycles. The van der Waals surface area contributed by atoms with Gasteiger partial charge in [0.25, 0.3) is 11.8 Å². The van der Waals surface area contributed by atoms with Crippen molar-refractivity contribution < 1.29 is 51.6 Å². The third kappa shape index (κ3) is 28.5. The van der Waals surface area contributed by atoms with Gasteiger partial charge in [-0.3, -0.25) is 19.4 Å². The molecule has 0 spiro atoms. The first-order valence-corrected chi connectivity index (χ1v) is 143. The van der Waals surface area contributed by atoms with Crippen LogP contribution in [0.25, 0.3) is 0 Å². The van der Waals surface area contributed by atoms with Crippen LogP contribution in [0.1, 0.15) is 54.1 Å². The molecule has 5 aromatic rings. The number of rotatable bonds is 22. The number of hydrogen-bond acceptors (Lipinski definition) is 11. The predicted octanol–water partition coefficient (Wildman–Crippen LogP) is 20.4. The number of nitrogens with two attached hydrogens (primary N) is 1. The summed E-state index contributed by atoms with van der Waals surface area (Å²) in [6.07, 6.45) is 3.71. The van der Waals surface area contributed by atoms with Crippen LogP contribution in [0.15, 0.2) is 109 Å². The van der Waals surface area contributed by atoms with Crippen molar-refractivity contribution in [1.29, 1.82) is 0 Å². The van der Waals surface area contributed by atoms with Crippen molar-refractivity contribution in [1.82, 2.24) is 15.1 Å². The molecule has 83 heavy (non-hydrogen) atoms. The first kappa shape index (κ1) is 83.2. The Morgan fingerprint density at radius 2 is 1.07 bits per heavy atom. The fourth-order valence-electron chi connectivity index (χ4n) is 8.56. The summed E-state index contributed by atoms with van der Waals surface area (Å²) in [6, 6.07) is 36.9. The molecule has 33 heteroatoms. The number of methoxy groups -OCH3 is 4. The Kier molecular flexibility index (Phi) is 45.6. The maximum absolute atomic E-state index is 11.8. The molecule has 0 radical (unpaired) electrons. The molecule has 2 atom stereocenters. The zero-order chi connectivity index (χ0) is 60.9. The summed E-state index contributed by atoms with van der Waals surface area (Å²) < 4.78 is 26.5.